The van der Waals surface area contributed by atoms with Crippen molar-refractivity contribution in [2.24, 2.45) is 0 Å². The van der Waals surface area contributed by atoms with Crippen LogP contribution in [0.4, 0.5) is 24.5 Å². The topological polar surface area (TPSA) is 50.4 Å². The van der Waals surface area contributed by atoms with Gasteiger partial charge in [-0.05, 0) is 36.4 Å². The van der Waals surface area contributed by atoms with E-state index in [0.29, 0.717) is 17.2 Å². The summed E-state index contributed by atoms with van der Waals surface area (Å²) in [6.07, 6.45) is 0. The van der Waals surface area contributed by atoms with Crippen LogP contribution in [0.25, 0.3) is 0 Å². The molecule has 3 aromatic rings. The van der Waals surface area contributed by atoms with Gasteiger partial charge in [0.15, 0.2) is 23.2 Å². The minimum atomic E-state index is -1.60. The van der Waals surface area contributed by atoms with Crippen molar-refractivity contribution in [1.82, 2.24) is 0 Å². The third-order valence-electron chi connectivity index (χ3n) is 3.61. The highest BCUT2D eigenvalue weighted by Gasteiger charge is 2.14. The van der Waals surface area contributed by atoms with Crippen molar-refractivity contribution in [2.75, 3.05) is 17.2 Å². The number of ether oxygens (including phenoxy) is 1. The van der Waals surface area contributed by atoms with Gasteiger partial charge in [-0.3, -0.25) is 4.79 Å². The van der Waals surface area contributed by atoms with Gasteiger partial charge in [0.2, 0.25) is 5.91 Å². The number of hydrogen-bond acceptors (Lipinski definition) is 3. The summed E-state index contributed by atoms with van der Waals surface area (Å²) in [6.45, 7) is -0.346. The molecule has 0 spiro atoms. The first kappa shape index (κ1) is 18.3. The molecule has 27 heavy (non-hydrogen) atoms. The van der Waals surface area contributed by atoms with Gasteiger partial charge in [0, 0.05) is 0 Å². The molecular weight excluding hydrogens is 357 g/mol. The SMILES string of the molecule is O=C(CNc1ccc(F)c(F)c1F)Nc1ccccc1Oc1ccccc1. The molecule has 0 aliphatic carbocycles. The highest BCUT2D eigenvalue weighted by molar-refractivity contribution is 5.95. The van der Waals surface area contributed by atoms with Crippen molar-refractivity contribution in [3.05, 3.63) is 84.2 Å². The first-order chi connectivity index (χ1) is 13.0. The summed E-state index contributed by atoms with van der Waals surface area (Å²) in [5, 5.41) is 5.07. The van der Waals surface area contributed by atoms with Gasteiger partial charge in [0.1, 0.15) is 5.75 Å². The van der Waals surface area contributed by atoms with Crippen LogP contribution in [-0.2, 0) is 4.79 Å². The largest absolute Gasteiger partial charge is 0.455 e. The summed E-state index contributed by atoms with van der Waals surface area (Å²) in [4.78, 5) is 12.1. The summed E-state index contributed by atoms with van der Waals surface area (Å²) in [6, 6.07) is 17.6. The maximum Gasteiger partial charge on any atom is 0.243 e. The number of carbonyl (C=O) groups is 1. The van der Waals surface area contributed by atoms with Crippen LogP contribution in [-0.4, -0.2) is 12.5 Å². The van der Waals surface area contributed by atoms with E-state index >= 15 is 0 Å². The van der Waals surface area contributed by atoms with Crippen molar-refractivity contribution < 1.29 is 22.7 Å². The minimum Gasteiger partial charge on any atom is -0.455 e. The van der Waals surface area contributed by atoms with Crippen molar-refractivity contribution >= 4 is 17.3 Å². The minimum absolute atomic E-state index is 0.308. The van der Waals surface area contributed by atoms with E-state index in [9.17, 15) is 18.0 Å². The molecule has 2 N–H and O–H groups in total. The number of rotatable bonds is 6. The van der Waals surface area contributed by atoms with E-state index in [0.717, 1.165) is 12.1 Å². The van der Waals surface area contributed by atoms with Crippen molar-refractivity contribution in [2.45, 2.75) is 0 Å². The van der Waals surface area contributed by atoms with Gasteiger partial charge in [-0.2, -0.15) is 0 Å². The summed E-state index contributed by atoms with van der Waals surface area (Å²) >= 11 is 0. The summed E-state index contributed by atoms with van der Waals surface area (Å²) in [5.41, 5.74) is 0.108. The van der Waals surface area contributed by atoms with Gasteiger partial charge < -0.3 is 15.4 Å². The maximum atomic E-state index is 13.6. The Balaban J connectivity index is 1.66. The standard InChI is InChI=1S/C20H15F3N2O2/c21-14-10-11-16(20(23)19(14)22)24-12-18(26)25-15-8-4-5-9-17(15)27-13-6-2-1-3-7-13/h1-11,24H,12H2,(H,25,26). The molecule has 4 nitrogen and oxygen atoms in total. The molecule has 0 radical (unpaired) electrons. The molecule has 1 amide bonds. The molecule has 0 saturated carbocycles. The molecule has 0 unspecified atom stereocenters. The fourth-order valence-corrected chi connectivity index (χ4v) is 2.31. The van der Waals surface area contributed by atoms with Gasteiger partial charge in [0.05, 0.1) is 17.9 Å². The quantitative estimate of drug-likeness (QED) is 0.602. The Kier molecular flexibility index (Phi) is 5.61. The molecule has 0 atom stereocenters. The van der Waals surface area contributed by atoms with Gasteiger partial charge in [0.25, 0.3) is 0 Å². The van der Waals surface area contributed by atoms with Crippen LogP contribution in [0.5, 0.6) is 11.5 Å². The highest BCUT2D eigenvalue weighted by Crippen LogP contribution is 2.29. The smallest absolute Gasteiger partial charge is 0.243 e. The normalized spacial score (nSPS) is 10.3. The van der Waals surface area contributed by atoms with E-state index in [-0.39, 0.29) is 12.2 Å². The molecule has 0 bridgehead atoms. The molecule has 0 fully saturated rings. The monoisotopic (exact) mass is 372 g/mol. The van der Waals surface area contributed by atoms with E-state index < -0.39 is 23.4 Å². The van der Waals surface area contributed by atoms with E-state index in [2.05, 4.69) is 10.6 Å². The zero-order valence-electron chi connectivity index (χ0n) is 14.0. The third-order valence-corrected chi connectivity index (χ3v) is 3.61. The zero-order valence-corrected chi connectivity index (χ0v) is 14.0. The van der Waals surface area contributed by atoms with Gasteiger partial charge >= 0.3 is 0 Å². The number of benzene rings is 3. The van der Waals surface area contributed by atoms with Crippen LogP contribution in [0.1, 0.15) is 0 Å². The average Bonchev–Trinajstić information content (AvgIpc) is 2.68. The second kappa shape index (κ2) is 8.27. The van der Waals surface area contributed by atoms with E-state index in [1.807, 2.05) is 18.2 Å². The fourth-order valence-electron chi connectivity index (χ4n) is 2.31. The Hall–Kier alpha value is -3.48. The lowest BCUT2D eigenvalue weighted by Gasteiger charge is -2.13. The highest BCUT2D eigenvalue weighted by atomic mass is 19.2. The fraction of sp³-hybridized carbons (Fsp3) is 0.0500. The number of hydrogen-bond donors (Lipinski definition) is 2. The van der Waals surface area contributed by atoms with Crippen LogP contribution in [0.3, 0.4) is 0 Å². The lowest BCUT2D eigenvalue weighted by atomic mass is 10.2. The third kappa shape index (κ3) is 4.58. The Morgan fingerprint density at radius 3 is 2.30 bits per heavy atom. The van der Waals surface area contributed by atoms with Crippen LogP contribution < -0.4 is 15.4 Å². The van der Waals surface area contributed by atoms with Crippen molar-refractivity contribution in [1.29, 1.82) is 0 Å². The number of amides is 1. The average molecular weight is 372 g/mol. The first-order valence-electron chi connectivity index (χ1n) is 8.04. The summed E-state index contributed by atoms with van der Waals surface area (Å²) in [7, 11) is 0. The predicted octanol–water partition coefficient (Wildman–Crippen LogP) is 4.95. The molecule has 0 aromatic heterocycles. The summed E-state index contributed by atoms with van der Waals surface area (Å²) in [5.74, 6) is -3.76. The molecule has 0 aliphatic heterocycles. The number of para-hydroxylation sites is 3. The first-order valence-corrected chi connectivity index (χ1v) is 8.04. The number of carbonyl (C=O) groups excluding carboxylic acids is 1. The van der Waals surface area contributed by atoms with Crippen LogP contribution in [0.15, 0.2) is 66.7 Å². The van der Waals surface area contributed by atoms with E-state index in [1.165, 1.54) is 0 Å². The van der Waals surface area contributed by atoms with Crippen LogP contribution >= 0.6 is 0 Å². The van der Waals surface area contributed by atoms with E-state index in [4.69, 9.17) is 4.74 Å². The second-order valence-electron chi connectivity index (χ2n) is 5.54. The molecule has 138 valence electrons. The van der Waals surface area contributed by atoms with E-state index in [1.54, 1.807) is 36.4 Å². The Labute approximate surface area is 153 Å². The molecule has 3 rings (SSSR count). The number of anilines is 2. The Bertz CT molecular complexity index is 949. The zero-order chi connectivity index (χ0) is 19.2. The van der Waals surface area contributed by atoms with Crippen LogP contribution in [0, 0.1) is 17.5 Å². The van der Waals surface area contributed by atoms with Gasteiger partial charge in [-0.15, -0.1) is 0 Å². The lowest BCUT2D eigenvalue weighted by Crippen LogP contribution is -2.22. The number of halogens is 3. The molecule has 3 aromatic carbocycles. The Morgan fingerprint density at radius 2 is 1.52 bits per heavy atom. The van der Waals surface area contributed by atoms with Crippen molar-refractivity contribution in [3.8, 4) is 11.5 Å². The molecule has 0 aliphatic rings. The van der Waals surface area contributed by atoms with Crippen molar-refractivity contribution in [3.63, 3.8) is 0 Å². The second-order valence-corrected chi connectivity index (χ2v) is 5.54. The predicted molar refractivity (Wildman–Crippen MR) is 96.4 cm³/mol. The molecular formula is C20H15F3N2O2. The summed E-state index contributed by atoms with van der Waals surface area (Å²) < 4.78 is 45.5. The van der Waals surface area contributed by atoms with Crippen LogP contribution in [0.2, 0.25) is 0 Å². The molecule has 0 heterocycles. The lowest BCUT2D eigenvalue weighted by molar-refractivity contribution is -0.114. The molecule has 7 heteroatoms. The van der Waals surface area contributed by atoms with Gasteiger partial charge in [-0.1, -0.05) is 30.3 Å². The maximum absolute atomic E-state index is 13.6. The molecule has 0 saturated heterocycles. The Morgan fingerprint density at radius 1 is 0.815 bits per heavy atom. The van der Waals surface area contributed by atoms with Gasteiger partial charge in [-0.25, -0.2) is 13.2 Å². The number of nitrogens with one attached hydrogen (secondary N) is 2.